The van der Waals surface area contributed by atoms with Gasteiger partial charge in [0.2, 0.25) is 11.7 Å². The SMILES string of the molecule is CCCNC(=O)CCNc1nc(C)ccc1[N+](=O)[O-]. The molecule has 0 bridgehead atoms. The number of rotatable bonds is 7. The predicted molar refractivity (Wildman–Crippen MR) is 72.0 cm³/mol. The zero-order chi connectivity index (χ0) is 14.3. The van der Waals surface area contributed by atoms with Crippen molar-refractivity contribution in [3.05, 3.63) is 27.9 Å². The van der Waals surface area contributed by atoms with Gasteiger partial charge < -0.3 is 10.6 Å². The molecule has 0 aliphatic carbocycles. The van der Waals surface area contributed by atoms with Crippen LogP contribution in [0.25, 0.3) is 0 Å². The number of amides is 1. The van der Waals surface area contributed by atoms with E-state index in [1.807, 2.05) is 6.92 Å². The Morgan fingerprint density at radius 3 is 2.79 bits per heavy atom. The molecule has 0 saturated heterocycles. The second-order valence-electron chi connectivity index (χ2n) is 4.10. The van der Waals surface area contributed by atoms with Gasteiger partial charge in [-0.25, -0.2) is 4.98 Å². The van der Waals surface area contributed by atoms with Crippen LogP contribution in [-0.4, -0.2) is 28.9 Å². The van der Waals surface area contributed by atoms with E-state index in [1.165, 1.54) is 6.07 Å². The highest BCUT2D eigenvalue weighted by Crippen LogP contribution is 2.21. The van der Waals surface area contributed by atoms with Gasteiger partial charge in [-0.2, -0.15) is 0 Å². The smallest absolute Gasteiger partial charge is 0.311 e. The van der Waals surface area contributed by atoms with Gasteiger partial charge in [-0.05, 0) is 19.4 Å². The van der Waals surface area contributed by atoms with E-state index < -0.39 is 4.92 Å². The monoisotopic (exact) mass is 266 g/mol. The Morgan fingerprint density at radius 2 is 2.16 bits per heavy atom. The van der Waals surface area contributed by atoms with E-state index >= 15 is 0 Å². The van der Waals surface area contributed by atoms with Crippen LogP contribution in [-0.2, 0) is 4.79 Å². The highest BCUT2D eigenvalue weighted by molar-refractivity contribution is 5.76. The first kappa shape index (κ1) is 14.9. The van der Waals surface area contributed by atoms with Crippen molar-refractivity contribution in [1.82, 2.24) is 10.3 Å². The number of pyridine rings is 1. The number of anilines is 1. The maximum absolute atomic E-state index is 11.4. The maximum Gasteiger partial charge on any atom is 0.311 e. The third-order valence-electron chi connectivity index (χ3n) is 2.43. The molecule has 2 N–H and O–H groups in total. The summed E-state index contributed by atoms with van der Waals surface area (Å²) in [6.45, 7) is 4.68. The minimum atomic E-state index is -0.494. The van der Waals surface area contributed by atoms with Crippen molar-refractivity contribution in [3.63, 3.8) is 0 Å². The zero-order valence-electron chi connectivity index (χ0n) is 11.1. The minimum absolute atomic E-state index is 0.0790. The first-order chi connectivity index (χ1) is 9.04. The molecule has 0 unspecified atom stereocenters. The fourth-order valence-electron chi connectivity index (χ4n) is 1.47. The van der Waals surface area contributed by atoms with Gasteiger partial charge in [0.05, 0.1) is 4.92 Å². The lowest BCUT2D eigenvalue weighted by Gasteiger charge is -2.07. The number of carbonyl (C=O) groups excluding carboxylic acids is 1. The summed E-state index contributed by atoms with van der Waals surface area (Å²) in [7, 11) is 0. The summed E-state index contributed by atoms with van der Waals surface area (Å²) in [6.07, 6.45) is 1.14. The number of nitrogens with one attached hydrogen (secondary N) is 2. The van der Waals surface area contributed by atoms with Crippen molar-refractivity contribution in [3.8, 4) is 0 Å². The van der Waals surface area contributed by atoms with Crippen LogP contribution in [0.15, 0.2) is 12.1 Å². The van der Waals surface area contributed by atoms with Crippen molar-refractivity contribution in [1.29, 1.82) is 0 Å². The van der Waals surface area contributed by atoms with Gasteiger partial charge in [-0.1, -0.05) is 6.92 Å². The molecule has 0 atom stereocenters. The highest BCUT2D eigenvalue weighted by atomic mass is 16.6. The van der Waals surface area contributed by atoms with Crippen molar-refractivity contribution < 1.29 is 9.72 Å². The van der Waals surface area contributed by atoms with Gasteiger partial charge in [-0.15, -0.1) is 0 Å². The number of aryl methyl sites for hydroxylation is 1. The largest absolute Gasteiger partial charge is 0.364 e. The summed E-state index contributed by atoms with van der Waals surface area (Å²) < 4.78 is 0. The van der Waals surface area contributed by atoms with Crippen molar-refractivity contribution >= 4 is 17.4 Å². The van der Waals surface area contributed by atoms with Gasteiger partial charge in [-0.3, -0.25) is 14.9 Å². The van der Waals surface area contributed by atoms with Crippen LogP contribution in [0.4, 0.5) is 11.5 Å². The molecule has 0 fully saturated rings. The lowest BCUT2D eigenvalue weighted by molar-refractivity contribution is -0.384. The van der Waals surface area contributed by atoms with Crippen molar-refractivity contribution in [2.24, 2.45) is 0 Å². The van der Waals surface area contributed by atoms with E-state index in [2.05, 4.69) is 15.6 Å². The number of nitrogens with zero attached hydrogens (tertiary/aromatic N) is 2. The summed E-state index contributed by atoms with van der Waals surface area (Å²) in [6, 6.07) is 2.99. The topological polar surface area (TPSA) is 97.2 Å². The van der Waals surface area contributed by atoms with Crippen LogP contribution in [0.2, 0.25) is 0 Å². The summed E-state index contributed by atoms with van der Waals surface area (Å²) in [5, 5.41) is 16.4. The molecule has 19 heavy (non-hydrogen) atoms. The Balaban J connectivity index is 2.55. The van der Waals surface area contributed by atoms with Gasteiger partial charge in [0.25, 0.3) is 0 Å². The Hall–Kier alpha value is -2.18. The zero-order valence-corrected chi connectivity index (χ0v) is 11.1. The Kier molecular flexibility index (Phi) is 5.72. The van der Waals surface area contributed by atoms with Crippen molar-refractivity contribution in [2.75, 3.05) is 18.4 Å². The van der Waals surface area contributed by atoms with Gasteiger partial charge in [0.1, 0.15) is 0 Å². The normalized spacial score (nSPS) is 10.0. The van der Waals surface area contributed by atoms with Crippen LogP contribution in [0.3, 0.4) is 0 Å². The quantitative estimate of drug-likeness (QED) is 0.577. The molecule has 0 saturated carbocycles. The van der Waals surface area contributed by atoms with E-state index in [1.54, 1.807) is 13.0 Å². The second kappa shape index (κ2) is 7.30. The standard InChI is InChI=1S/C12H18N4O3/c1-3-7-13-11(17)6-8-14-12-10(16(18)19)5-4-9(2)15-12/h4-5H,3,6-8H2,1-2H3,(H,13,17)(H,14,15). The molecule has 0 aliphatic rings. The Bertz CT molecular complexity index is 462. The second-order valence-corrected chi connectivity index (χ2v) is 4.10. The van der Waals surface area contributed by atoms with E-state index in [4.69, 9.17) is 0 Å². The van der Waals surface area contributed by atoms with Crippen LogP contribution >= 0.6 is 0 Å². The molecule has 1 rings (SSSR count). The van der Waals surface area contributed by atoms with E-state index in [0.717, 1.165) is 6.42 Å². The summed E-state index contributed by atoms with van der Waals surface area (Å²) in [5.41, 5.74) is 0.600. The lowest BCUT2D eigenvalue weighted by atomic mass is 10.3. The molecule has 1 aromatic heterocycles. The average molecular weight is 266 g/mol. The Morgan fingerprint density at radius 1 is 1.42 bits per heavy atom. The number of hydrogen-bond acceptors (Lipinski definition) is 5. The molecule has 0 spiro atoms. The van der Waals surface area contributed by atoms with E-state index in [0.29, 0.717) is 18.8 Å². The van der Waals surface area contributed by atoms with Crippen LogP contribution in [0.1, 0.15) is 25.5 Å². The van der Waals surface area contributed by atoms with Gasteiger partial charge >= 0.3 is 5.69 Å². The molecule has 1 amide bonds. The van der Waals surface area contributed by atoms with Gasteiger partial charge in [0, 0.05) is 31.3 Å². The number of nitro groups is 1. The van der Waals surface area contributed by atoms with E-state index in [-0.39, 0.29) is 23.8 Å². The number of hydrogen-bond donors (Lipinski definition) is 2. The molecular formula is C12H18N4O3. The first-order valence-corrected chi connectivity index (χ1v) is 6.17. The molecule has 104 valence electrons. The number of aromatic nitrogens is 1. The third-order valence-corrected chi connectivity index (χ3v) is 2.43. The van der Waals surface area contributed by atoms with Crippen LogP contribution < -0.4 is 10.6 Å². The van der Waals surface area contributed by atoms with Crippen LogP contribution in [0, 0.1) is 17.0 Å². The molecule has 0 aliphatic heterocycles. The van der Waals surface area contributed by atoms with Crippen molar-refractivity contribution in [2.45, 2.75) is 26.7 Å². The maximum atomic E-state index is 11.4. The predicted octanol–water partition coefficient (Wildman–Crippen LogP) is 1.63. The molecular weight excluding hydrogens is 248 g/mol. The summed E-state index contributed by atoms with van der Waals surface area (Å²) >= 11 is 0. The fourth-order valence-corrected chi connectivity index (χ4v) is 1.47. The molecule has 7 nitrogen and oxygen atoms in total. The molecule has 1 aromatic rings. The minimum Gasteiger partial charge on any atom is -0.364 e. The average Bonchev–Trinajstić information content (AvgIpc) is 2.36. The molecule has 0 radical (unpaired) electrons. The Labute approximate surface area is 111 Å². The number of carbonyl (C=O) groups is 1. The summed E-state index contributed by atoms with van der Waals surface area (Å²) in [5.74, 6) is 0.123. The lowest BCUT2D eigenvalue weighted by Crippen LogP contribution is -2.26. The molecule has 1 heterocycles. The highest BCUT2D eigenvalue weighted by Gasteiger charge is 2.14. The van der Waals surface area contributed by atoms with Crippen LogP contribution in [0.5, 0.6) is 0 Å². The first-order valence-electron chi connectivity index (χ1n) is 6.17. The third kappa shape index (κ3) is 4.90. The molecule has 0 aromatic carbocycles. The van der Waals surface area contributed by atoms with E-state index in [9.17, 15) is 14.9 Å². The molecule has 7 heteroatoms. The summed E-state index contributed by atoms with van der Waals surface area (Å²) in [4.78, 5) is 25.8. The fraction of sp³-hybridized carbons (Fsp3) is 0.500. The van der Waals surface area contributed by atoms with Gasteiger partial charge in [0.15, 0.2) is 0 Å².